The highest BCUT2D eigenvalue weighted by Crippen LogP contribution is 2.32. The number of halogens is 2. The molecule has 0 saturated heterocycles. The Bertz CT molecular complexity index is 1610. The molecule has 5 aromatic rings. The number of furan rings is 1. The van der Waals surface area contributed by atoms with E-state index in [0.717, 1.165) is 0 Å². The predicted molar refractivity (Wildman–Crippen MR) is 136 cm³/mol. The number of aromatic carboxylic acids is 1. The van der Waals surface area contributed by atoms with Gasteiger partial charge in [0.15, 0.2) is 5.76 Å². The van der Waals surface area contributed by atoms with Gasteiger partial charge in [-0.1, -0.05) is 53.5 Å². The molecule has 0 aliphatic rings. The average molecular weight is 503 g/mol. The molecule has 6 nitrogen and oxygen atoms in total. The summed E-state index contributed by atoms with van der Waals surface area (Å²) in [6, 6.07) is 23.8. The number of fused-ring (bicyclic) bond motifs is 1. The van der Waals surface area contributed by atoms with Crippen molar-refractivity contribution in [3.63, 3.8) is 0 Å². The molecule has 2 aromatic heterocycles. The highest BCUT2D eigenvalue weighted by atomic mass is 35.5. The molecular weight excluding hydrogens is 487 g/mol. The Morgan fingerprint density at radius 3 is 2.51 bits per heavy atom. The zero-order valence-electron chi connectivity index (χ0n) is 18.0. The third-order valence-corrected chi connectivity index (χ3v) is 5.94. The second-order valence-corrected chi connectivity index (χ2v) is 8.54. The fraction of sp³-hybridized carbons (Fsp3) is 0. The maximum atomic E-state index is 12.8. The fourth-order valence-electron chi connectivity index (χ4n) is 3.74. The number of aromatic nitrogens is 1. The molecule has 0 atom stereocenters. The second kappa shape index (κ2) is 9.25. The lowest BCUT2D eigenvalue weighted by Crippen LogP contribution is -2.10. The number of pyridine rings is 1. The van der Waals surface area contributed by atoms with Crippen LogP contribution in [0.4, 0.5) is 5.69 Å². The van der Waals surface area contributed by atoms with E-state index in [9.17, 15) is 14.7 Å². The first kappa shape index (κ1) is 22.7. The van der Waals surface area contributed by atoms with E-state index in [1.165, 1.54) is 6.07 Å². The lowest BCUT2D eigenvalue weighted by molar-refractivity contribution is 0.0698. The van der Waals surface area contributed by atoms with Crippen molar-refractivity contribution in [2.45, 2.75) is 0 Å². The second-order valence-electron chi connectivity index (χ2n) is 7.70. The Morgan fingerprint density at radius 1 is 0.886 bits per heavy atom. The quantitative estimate of drug-likeness (QED) is 0.260. The van der Waals surface area contributed by atoms with Gasteiger partial charge in [-0.25, -0.2) is 9.78 Å². The Hall–Kier alpha value is -4.13. The topological polar surface area (TPSA) is 92.4 Å². The molecule has 0 aliphatic heterocycles. The Morgan fingerprint density at radius 2 is 1.71 bits per heavy atom. The normalized spacial score (nSPS) is 10.9. The molecular formula is C27H16Cl2N2O4. The van der Waals surface area contributed by atoms with E-state index in [1.54, 1.807) is 78.9 Å². The lowest BCUT2D eigenvalue weighted by atomic mass is 10.0. The van der Waals surface area contributed by atoms with Crippen molar-refractivity contribution in [3.05, 3.63) is 106 Å². The summed E-state index contributed by atoms with van der Waals surface area (Å²) in [5, 5.41) is 13.9. The van der Waals surface area contributed by atoms with Crippen LogP contribution in [0.25, 0.3) is 33.5 Å². The zero-order valence-corrected chi connectivity index (χ0v) is 19.5. The molecule has 0 saturated carbocycles. The van der Waals surface area contributed by atoms with Gasteiger partial charge >= 0.3 is 5.97 Å². The lowest BCUT2D eigenvalue weighted by Gasteiger charge is -2.09. The van der Waals surface area contributed by atoms with E-state index < -0.39 is 11.9 Å². The number of nitrogens with one attached hydrogen (secondary N) is 1. The maximum Gasteiger partial charge on any atom is 0.336 e. The maximum absolute atomic E-state index is 12.8. The molecule has 0 radical (unpaired) electrons. The van der Waals surface area contributed by atoms with Crippen LogP contribution in [0.15, 0.2) is 89.3 Å². The first-order valence-electron chi connectivity index (χ1n) is 10.5. The number of carboxylic acid groups (broad SMARTS) is 1. The summed E-state index contributed by atoms with van der Waals surface area (Å²) in [4.78, 5) is 29.2. The number of hydrogen-bond donors (Lipinski definition) is 2. The predicted octanol–water partition coefficient (Wildman–Crippen LogP) is 7.42. The van der Waals surface area contributed by atoms with Gasteiger partial charge in [0.05, 0.1) is 21.8 Å². The molecule has 0 bridgehead atoms. The van der Waals surface area contributed by atoms with Crippen molar-refractivity contribution in [2.75, 3.05) is 5.32 Å². The third-order valence-electron chi connectivity index (χ3n) is 5.39. The monoisotopic (exact) mass is 502 g/mol. The van der Waals surface area contributed by atoms with Gasteiger partial charge in [0.1, 0.15) is 5.76 Å². The van der Waals surface area contributed by atoms with E-state index in [0.29, 0.717) is 49.2 Å². The van der Waals surface area contributed by atoms with Gasteiger partial charge in [-0.3, -0.25) is 4.79 Å². The van der Waals surface area contributed by atoms with E-state index in [2.05, 4.69) is 10.3 Å². The van der Waals surface area contributed by atoms with Crippen molar-refractivity contribution in [1.82, 2.24) is 4.98 Å². The van der Waals surface area contributed by atoms with Crippen LogP contribution in [-0.4, -0.2) is 22.0 Å². The van der Waals surface area contributed by atoms with Crippen LogP contribution >= 0.6 is 23.2 Å². The van der Waals surface area contributed by atoms with Crippen LogP contribution in [0.1, 0.15) is 20.9 Å². The minimum atomic E-state index is -1.04. The van der Waals surface area contributed by atoms with Gasteiger partial charge < -0.3 is 14.8 Å². The van der Waals surface area contributed by atoms with Crippen LogP contribution in [0, 0.1) is 0 Å². The minimum absolute atomic E-state index is 0.105. The number of nitrogens with zero attached hydrogens (tertiary/aromatic N) is 1. The van der Waals surface area contributed by atoms with Crippen LogP contribution in [0.5, 0.6) is 0 Å². The average Bonchev–Trinajstić information content (AvgIpc) is 3.33. The van der Waals surface area contributed by atoms with E-state index >= 15 is 0 Å². The van der Waals surface area contributed by atoms with Gasteiger partial charge in [0.25, 0.3) is 5.91 Å². The molecule has 35 heavy (non-hydrogen) atoms. The fourth-order valence-corrected chi connectivity index (χ4v) is 4.24. The summed E-state index contributed by atoms with van der Waals surface area (Å²) in [6.45, 7) is 0. The molecule has 0 aliphatic carbocycles. The molecule has 5 rings (SSSR count). The molecule has 0 fully saturated rings. The van der Waals surface area contributed by atoms with Gasteiger partial charge in [-0.2, -0.15) is 0 Å². The van der Waals surface area contributed by atoms with Gasteiger partial charge in [0.2, 0.25) is 0 Å². The summed E-state index contributed by atoms with van der Waals surface area (Å²) >= 11 is 12.2. The smallest absolute Gasteiger partial charge is 0.336 e. The van der Waals surface area contributed by atoms with Crippen molar-refractivity contribution in [1.29, 1.82) is 0 Å². The van der Waals surface area contributed by atoms with Crippen LogP contribution in [0.2, 0.25) is 10.0 Å². The number of carbonyl (C=O) groups excluding carboxylic acids is 1. The molecule has 0 spiro atoms. The molecule has 1 amide bonds. The number of carbonyl (C=O) groups is 2. The highest BCUT2D eigenvalue weighted by Gasteiger charge is 2.16. The SMILES string of the molecule is O=C(Nc1cccc(-c2cc(C(=O)O)c3ccccc3n2)c1)c1ccc(-c2ccc(Cl)cc2Cl)o1. The number of hydrogen-bond acceptors (Lipinski definition) is 4. The van der Waals surface area contributed by atoms with Crippen molar-refractivity contribution >= 4 is 51.7 Å². The van der Waals surface area contributed by atoms with Crippen molar-refractivity contribution in [3.8, 4) is 22.6 Å². The molecule has 3 aromatic carbocycles. The Labute approximate surface area is 209 Å². The van der Waals surface area contributed by atoms with E-state index in [4.69, 9.17) is 27.6 Å². The summed E-state index contributed by atoms with van der Waals surface area (Å²) in [7, 11) is 0. The number of para-hydroxylation sites is 1. The van der Waals surface area contributed by atoms with Gasteiger partial charge in [-0.15, -0.1) is 0 Å². The van der Waals surface area contributed by atoms with Crippen LogP contribution in [-0.2, 0) is 0 Å². The molecule has 2 N–H and O–H groups in total. The molecule has 8 heteroatoms. The number of rotatable bonds is 5. The van der Waals surface area contributed by atoms with Crippen molar-refractivity contribution in [2.24, 2.45) is 0 Å². The summed E-state index contributed by atoms with van der Waals surface area (Å²) in [5.41, 5.74) is 2.99. The van der Waals surface area contributed by atoms with E-state index in [-0.39, 0.29) is 11.3 Å². The zero-order chi connectivity index (χ0) is 24.5. The molecule has 2 heterocycles. The number of amides is 1. The first-order chi connectivity index (χ1) is 16.9. The highest BCUT2D eigenvalue weighted by molar-refractivity contribution is 6.36. The largest absolute Gasteiger partial charge is 0.478 e. The standard InChI is InChI=1S/C27H16Cl2N2O4/c28-16-8-9-19(21(29)13-16)24-10-11-25(35-24)26(32)30-17-5-3-4-15(12-17)23-14-20(27(33)34)18-6-1-2-7-22(18)31-23/h1-14H,(H,30,32)(H,33,34). The number of anilines is 1. The van der Waals surface area contributed by atoms with Gasteiger partial charge in [0, 0.05) is 27.2 Å². The summed E-state index contributed by atoms with van der Waals surface area (Å²) in [5.74, 6) is -0.944. The molecule has 0 unspecified atom stereocenters. The van der Waals surface area contributed by atoms with Crippen LogP contribution < -0.4 is 5.32 Å². The first-order valence-corrected chi connectivity index (χ1v) is 11.2. The molecule has 172 valence electrons. The Kier molecular flexibility index (Phi) is 5.99. The Balaban J connectivity index is 1.42. The van der Waals surface area contributed by atoms with E-state index in [1.807, 2.05) is 0 Å². The summed E-state index contributed by atoms with van der Waals surface area (Å²) in [6.07, 6.45) is 0. The summed E-state index contributed by atoms with van der Waals surface area (Å²) < 4.78 is 5.71. The number of carboxylic acids is 1. The minimum Gasteiger partial charge on any atom is -0.478 e. The third kappa shape index (κ3) is 4.62. The van der Waals surface area contributed by atoms with Crippen LogP contribution in [0.3, 0.4) is 0 Å². The van der Waals surface area contributed by atoms with Crippen molar-refractivity contribution < 1.29 is 19.1 Å². The number of benzene rings is 3. The van der Waals surface area contributed by atoms with Gasteiger partial charge in [-0.05, 0) is 54.6 Å².